The molecule has 8 aromatic rings. The summed E-state index contributed by atoms with van der Waals surface area (Å²) in [7, 11) is 0. The second-order valence-electron chi connectivity index (χ2n) is 19.7. The highest BCUT2D eigenvalue weighted by Gasteiger charge is 2.41. The Hall–Kier alpha value is -7.49. The fraction of sp³-hybridized carbons (Fsp3) is 0.185. The molecule has 0 unspecified atom stereocenters. The van der Waals surface area contributed by atoms with E-state index in [2.05, 4.69) is 260 Å². The van der Waals surface area contributed by atoms with Gasteiger partial charge in [-0.3, -0.25) is 0 Å². The average molecular weight is 883 g/mol. The lowest BCUT2D eigenvalue weighted by atomic mass is 9.83. The van der Waals surface area contributed by atoms with Crippen molar-refractivity contribution in [2.45, 2.75) is 64.2 Å². The first-order chi connectivity index (χ1) is 33.3. The molecule has 3 nitrogen and oxygen atoms in total. The van der Waals surface area contributed by atoms with Crippen LogP contribution >= 0.6 is 0 Å². The minimum Gasteiger partial charge on any atom is -0.344 e. The van der Waals surface area contributed by atoms with Gasteiger partial charge in [-0.25, -0.2) is 0 Å². The Labute approximate surface area is 403 Å². The van der Waals surface area contributed by atoms with Crippen molar-refractivity contribution in [3.8, 4) is 0 Å². The summed E-state index contributed by atoms with van der Waals surface area (Å²) in [4.78, 5) is 5.20. The van der Waals surface area contributed by atoms with E-state index in [9.17, 15) is 0 Å². The van der Waals surface area contributed by atoms with Crippen LogP contribution in [-0.2, 0) is 23.7 Å². The number of hydrogen-bond acceptors (Lipinski definition) is 2. The largest absolute Gasteiger partial charge is 0.344 e. The average Bonchev–Trinajstić information content (AvgIpc) is 3.95. The summed E-state index contributed by atoms with van der Waals surface area (Å²) >= 11 is 0. The normalized spacial score (nSPS) is 18.4. The first-order valence-electron chi connectivity index (χ1n) is 24.6. The molecule has 334 valence electrons. The Morgan fingerprint density at radius 2 is 0.794 bits per heavy atom. The summed E-state index contributed by atoms with van der Waals surface area (Å²) in [6.45, 7) is 11.4. The Morgan fingerprint density at radius 3 is 1.25 bits per heavy atom. The van der Waals surface area contributed by atoms with E-state index < -0.39 is 0 Å². The quantitative estimate of drug-likeness (QED) is 0.127. The Morgan fingerprint density at radius 1 is 0.412 bits per heavy atom. The first kappa shape index (κ1) is 43.1. The molecule has 0 aromatic heterocycles. The topological polar surface area (TPSA) is 9.49 Å². The van der Waals surface area contributed by atoms with E-state index in [0.29, 0.717) is 0 Å². The molecule has 0 spiro atoms. The van der Waals surface area contributed by atoms with Crippen molar-refractivity contribution >= 4 is 50.0 Å². The summed E-state index contributed by atoms with van der Waals surface area (Å²) < 4.78 is 2.50. The molecule has 68 heavy (non-hydrogen) atoms. The van der Waals surface area contributed by atoms with E-state index in [0.717, 1.165) is 50.1 Å². The van der Waals surface area contributed by atoms with Crippen LogP contribution in [0.15, 0.2) is 241 Å². The van der Waals surface area contributed by atoms with Crippen molar-refractivity contribution in [2.75, 3.05) is 22.9 Å². The molecule has 0 radical (unpaired) electrons. The number of benzene rings is 8. The molecule has 1 fully saturated rings. The van der Waals surface area contributed by atoms with Gasteiger partial charge in [0.2, 0.25) is 17.1 Å². The number of para-hydroxylation sites is 4. The standard InChI is InChI=1S/C65H60N3/c1-64(2)57-33-15-17-35-59(57)66(45-43-49-25-19-23-47-21-11-13-31-55(47)49)61(64)41-39-51-37-38-52(63(51)68(53-27-7-5-8-28-53)54-29-9-6-10-30-54)40-42-62-65(3,4)58-34-16-18-36-60(58)67(62)46-44-50-26-20-24-48-22-12-14-32-56(48)50/h5-36,39-42H,37-38,43-46H2,1-4H3/q+1. The summed E-state index contributed by atoms with van der Waals surface area (Å²) in [5.41, 5.74) is 16.8. The molecule has 0 N–H and O–H groups in total. The van der Waals surface area contributed by atoms with Crippen LogP contribution in [0.3, 0.4) is 0 Å². The van der Waals surface area contributed by atoms with E-state index in [-0.39, 0.29) is 10.8 Å². The summed E-state index contributed by atoms with van der Waals surface area (Å²) in [5.74, 6) is 0. The maximum Gasteiger partial charge on any atom is 0.218 e. The Bertz CT molecular complexity index is 3110. The van der Waals surface area contributed by atoms with E-state index >= 15 is 0 Å². The van der Waals surface area contributed by atoms with Gasteiger partial charge in [-0.05, 0) is 93.8 Å². The van der Waals surface area contributed by atoms with Gasteiger partial charge in [0.25, 0.3) is 0 Å². The monoisotopic (exact) mass is 882 g/mol. The predicted octanol–water partition coefficient (Wildman–Crippen LogP) is 15.8. The van der Waals surface area contributed by atoms with Crippen molar-refractivity contribution in [3.63, 3.8) is 0 Å². The Kier molecular flexibility index (Phi) is 11.4. The minimum atomic E-state index is -0.175. The first-order valence-corrected chi connectivity index (χ1v) is 24.6. The lowest BCUT2D eigenvalue weighted by Gasteiger charge is -2.27. The zero-order valence-corrected chi connectivity index (χ0v) is 39.9. The van der Waals surface area contributed by atoms with Crippen LogP contribution in [0.2, 0.25) is 0 Å². The van der Waals surface area contributed by atoms with E-state index in [1.807, 2.05) is 0 Å². The third-order valence-electron chi connectivity index (χ3n) is 15.0. The molecule has 2 heterocycles. The second-order valence-corrected chi connectivity index (χ2v) is 19.7. The van der Waals surface area contributed by atoms with Gasteiger partial charge < -0.3 is 9.80 Å². The predicted molar refractivity (Wildman–Crippen MR) is 290 cm³/mol. The SMILES string of the molecule is CC1(C)/C(=C\C=C2/CC/C(=C\C=C3\N(CCc4cccc5ccccc45)c4ccccc4C3(C)C)C2=[N+](c2ccccc2)c2ccccc2)N(CCc2cccc3ccccc23)c2ccccc21. The maximum atomic E-state index is 2.60. The molecule has 0 saturated heterocycles. The van der Waals surface area contributed by atoms with Crippen LogP contribution < -0.4 is 14.4 Å². The van der Waals surface area contributed by atoms with Crippen molar-refractivity contribution in [1.82, 2.24) is 4.58 Å². The van der Waals surface area contributed by atoms with Crippen molar-refractivity contribution < 1.29 is 0 Å². The van der Waals surface area contributed by atoms with Gasteiger partial charge >= 0.3 is 0 Å². The van der Waals surface area contributed by atoms with Crippen LogP contribution in [-0.4, -0.2) is 18.8 Å². The fourth-order valence-electron chi connectivity index (χ4n) is 11.5. The van der Waals surface area contributed by atoms with Gasteiger partial charge in [-0.15, -0.1) is 0 Å². The number of fused-ring (bicyclic) bond motifs is 4. The van der Waals surface area contributed by atoms with Crippen LogP contribution in [0.5, 0.6) is 0 Å². The molecule has 3 aliphatic rings. The molecule has 2 aliphatic heterocycles. The van der Waals surface area contributed by atoms with Gasteiger partial charge in [0.15, 0.2) is 0 Å². The van der Waals surface area contributed by atoms with Crippen LogP contribution in [0, 0.1) is 0 Å². The van der Waals surface area contributed by atoms with Gasteiger partial charge in [-0.2, -0.15) is 4.58 Å². The number of nitrogens with zero attached hydrogens (tertiary/aromatic N) is 3. The number of allylic oxidation sites excluding steroid dienone is 8. The van der Waals surface area contributed by atoms with Gasteiger partial charge in [-0.1, -0.05) is 198 Å². The van der Waals surface area contributed by atoms with Crippen molar-refractivity contribution in [3.05, 3.63) is 263 Å². The highest BCUT2D eigenvalue weighted by molar-refractivity contribution is 6.17. The molecular weight excluding hydrogens is 823 g/mol. The lowest BCUT2D eigenvalue weighted by Crippen LogP contribution is -2.28. The zero-order valence-electron chi connectivity index (χ0n) is 39.9. The molecule has 0 amide bonds. The van der Waals surface area contributed by atoms with Crippen LogP contribution in [0.1, 0.15) is 62.8 Å². The molecule has 3 heteroatoms. The molecule has 8 aromatic carbocycles. The van der Waals surface area contributed by atoms with Crippen molar-refractivity contribution in [1.29, 1.82) is 0 Å². The fourth-order valence-corrected chi connectivity index (χ4v) is 11.5. The third kappa shape index (κ3) is 7.80. The molecular formula is C65H60N3+. The molecule has 0 bridgehead atoms. The van der Waals surface area contributed by atoms with Crippen LogP contribution in [0.4, 0.5) is 22.7 Å². The van der Waals surface area contributed by atoms with E-state index in [1.54, 1.807) is 0 Å². The maximum absolute atomic E-state index is 2.60. The van der Waals surface area contributed by atoms with Gasteiger partial charge in [0.1, 0.15) is 0 Å². The molecule has 0 atom stereocenters. The van der Waals surface area contributed by atoms with Gasteiger partial charge in [0.05, 0.1) is 0 Å². The summed E-state index contributed by atoms with van der Waals surface area (Å²) in [6, 6.07) is 71.1. The van der Waals surface area contributed by atoms with Crippen molar-refractivity contribution in [2.24, 2.45) is 0 Å². The Balaban J connectivity index is 1.03. The van der Waals surface area contributed by atoms with E-state index in [4.69, 9.17) is 0 Å². The second kappa shape index (κ2) is 18.0. The van der Waals surface area contributed by atoms with E-state index in [1.165, 1.54) is 83.4 Å². The summed E-state index contributed by atoms with van der Waals surface area (Å²) in [6.07, 6.45) is 13.6. The molecule has 11 rings (SSSR count). The highest BCUT2D eigenvalue weighted by Crippen LogP contribution is 2.49. The summed E-state index contributed by atoms with van der Waals surface area (Å²) in [5, 5.41) is 5.28. The molecule has 1 saturated carbocycles. The van der Waals surface area contributed by atoms with Gasteiger partial charge in [0, 0.05) is 82.1 Å². The zero-order chi connectivity index (χ0) is 46.2. The third-order valence-corrected chi connectivity index (χ3v) is 15.0. The lowest BCUT2D eigenvalue weighted by molar-refractivity contribution is 0.630. The van der Waals surface area contributed by atoms with Crippen LogP contribution in [0.25, 0.3) is 21.5 Å². The highest BCUT2D eigenvalue weighted by atomic mass is 15.2. The number of hydrogen-bond donors (Lipinski definition) is 0. The number of rotatable bonds is 10. The molecule has 1 aliphatic carbocycles. The smallest absolute Gasteiger partial charge is 0.218 e. The number of anilines is 2. The minimum absolute atomic E-state index is 0.175.